The third kappa shape index (κ3) is 3.12. The van der Waals surface area contributed by atoms with Crippen LogP contribution in [-0.2, 0) is 0 Å². The first kappa shape index (κ1) is 16.5. The molecule has 0 radical (unpaired) electrons. The standard InChI is InChI=1S/C18H19FN6O/c19-14-7-12(9-20)10-21-17(14)25-6-3-13(11-25)15-8-16(26)23-18(22-15)24-4-1-2-5-24/h7-8,10,13H,1-6,11H2,(H,22,23,26). The van der Waals surface area contributed by atoms with Crippen LogP contribution in [0.4, 0.5) is 16.2 Å². The third-order valence-corrected chi connectivity index (χ3v) is 5.01. The van der Waals surface area contributed by atoms with E-state index < -0.39 is 5.82 Å². The summed E-state index contributed by atoms with van der Waals surface area (Å²) in [6, 6.07) is 4.62. The molecule has 8 heteroatoms. The second kappa shape index (κ2) is 6.75. The summed E-state index contributed by atoms with van der Waals surface area (Å²) < 4.78 is 14.2. The topological polar surface area (TPSA) is 88.9 Å². The SMILES string of the molecule is N#Cc1cnc(N2CCC(c3cc(=O)[nH]c(N4CCCC4)n3)C2)c(F)c1. The Labute approximate surface area is 150 Å². The molecule has 0 spiro atoms. The lowest BCUT2D eigenvalue weighted by Gasteiger charge is -2.19. The van der Waals surface area contributed by atoms with E-state index in [1.54, 1.807) is 0 Å². The van der Waals surface area contributed by atoms with Crippen molar-refractivity contribution in [3.05, 3.63) is 45.8 Å². The molecule has 0 bridgehead atoms. The van der Waals surface area contributed by atoms with Gasteiger partial charge in [0.15, 0.2) is 11.6 Å². The smallest absolute Gasteiger partial charge is 0.252 e. The van der Waals surface area contributed by atoms with Gasteiger partial charge in [-0.3, -0.25) is 9.78 Å². The summed E-state index contributed by atoms with van der Waals surface area (Å²) >= 11 is 0. The van der Waals surface area contributed by atoms with Crippen molar-refractivity contribution in [1.82, 2.24) is 15.0 Å². The predicted octanol–water partition coefficient (Wildman–Crippen LogP) is 1.77. The van der Waals surface area contributed by atoms with Crippen LogP contribution in [0, 0.1) is 17.1 Å². The van der Waals surface area contributed by atoms with Crippen LogP contribution < -0.4 is 15.4 Å². The molecule has 1 N–H and O–H groups in total. The van der Waals surface area contributed by atoms with Crippen LogP contribution in [0.15, 0.2) is 23.1 Å². The van der Waals surface area contributed by atoms with Gasteiger partial charge < -0.3 is 9.80 Å². The fraction of sp³-hybridized carbons (Fsp3) is 0.444. The number of H-pyrrole nitrogens is 1. The highest BCUT2D eigenvalue weighted by Crippen LogP contribution is 2.30. The van der Waals surface area contributed by atoms with Gasteiger partial charge in [0.05, 0.1) is 11.3 Å². The van der Waals surface area contributed by atoms with E-state index >= 15 is 0 Å². The maximum atomic E-state index is 14.2. The zero-order valence-electron chi connectivity index (χ0n) is 14.3. The monoisotopic (exact) mass is 354 g/mol. The quantitative estimate of drug-likeness (QED) is 0.904. The molecular formula is C18H19FN6O. The van der Waals surface area contributed by atoms with Gasteiger partial charge in [0.25, 0.3) is 5.56 Å². The first-order chi connectivity index (χ1) is 12.6. The number of nitriles is 1. The molecule has 2 aromatic rings. The number of rotatable bonds is 3. The van der Waals surface area contributed by atoms with Crippen molar-refractivity contribution in [2.45, 2.75) is 25.2 Å². The van der Waals surface area contributed by atoms with Crippen LogP contribution in [0.3, 0.4) is 0 Å². The van der Waals surface area contributed by atoms with Crippen LogP contribution in [-0.4, -0.2) is 41.1 Å². The molecule has 1 unspecified atom stereocenters. The van der Waals surface area contributed by atoms with Crippen molar-refractivity contribution >= 4 is 11.8 Å². The Bertz CT molecular complexity index is 915. The van der Waals surface area contributed by atoms with E-state index in [4.69, 9.17) is 5.26 Å². The number of hydrogen-bond acceptors (Lipinski definition) is 6. The molecule has 2 aliphatic rings. The zero-order chi connectivity index (χ0) is 18.1. The number of nitrogens with one attached hydrogen (secondary N) is 1. The fourth-order valence-electron chi connectivity index (χ4n) is 3.67. The number of nitrogens with zero attached hydrogens (tertiary/aromatic N) is 5. The zero-order valence-corrected chi connectivity index (χ0v) is 14.3. The average molecular weight is 354 g/mol. The Morgan fingerprint density at radius 2 is 2.04 bits per heavy atom. The number of pyridine rings is 1. The maximum Gasteiger partial charge on any atom is 0.252 e. The van der Waals surface area contributed by atoms with Crippen molar-refractivity contribution in [2.75, 3.05) is 36.0 Å². The highest BCUT2D eigenvalue weighted by Gasteiger charge is 2.29. The van der Waals surface area contributed by atoms with Gasteiger partial charge in [-0.15, -0.1) is 0 Å². The number of aromatic nitrogens is 3. The Morgan fingerprint density at radius 3 is 2.77 bits per heavy atom. The molecule has 26 heavy (non-hydrogen) atoms. The van der Waals surface area contributed by atoms with Gasteiger partial charge in [-0.05, 0) is 25.3 Å². The van der Waals surface area contributed by atoms with Crippen LogP contribution >= 0.6 is 0 Å². The Balaban J connectivity index is 1.55. The Kier molecular flexibility index (Phi) is 4.29. The molecule has 7 nitrogen and oxygen atoms in total. The molecule has 4 heterocycles. The summed E-state index contributed by atoms with van der Waals surface area (Å²) in [6.45, 7) is 2.99. The normalized spacial score (nSPS) is 19.8. The molecule has 0 aliphatic carbocycles. The highest BCUT2D eigenvalue weighted by molar-refractivity contribution is 5.45. The minimum Gasteiger partial charge on any atom is -0.353 e. The van der Waals surface area contributed by atoms with E-state index in [2.05, 4.69) is 19.9 Å². The number of aromatic amines is 1. The van der Waals surface area contributed by atoms with Gasteiger partial charge in [-0.1, -0.05) is 0 Å². The second-order valence-corrected chi connectivity index (χ2v) is 6.76. The largest absolute Gasteiger partial charge is 0.353 e. The minimum atomic E-state index is -0.499. The molecule has 4 rings (SSSR count). The molecule has 2 aromatic heterocycles. The van der Waals surface area contributed by atoms with Gasteiger partial charge >= 0.3 is 0 Å². The van der Waals surface area contributed by atoms with Crippen LogP contribution in [0.1, 0.15) is 36.4 Å². The summed E-state index contributed by atoms with van der Waals surface area (Å²) in [5.74, 6) is 0.430. The van der Waals surface area contributed by atoms with Crippen LogP contribution in [0.2, 0.25) is 0 Å². The first-order valence-electron chi connectivity index (χ1n) is 8.81. The predicted molar refractivity (Wildman–Crippen MR) is 94.8 cm³/mol. The van der Waals surface area contributed by atoms with Crippen molar-refractivity contribution in [3.8, 4) is 6.07 Å². The van der Waals surface area contributed by atoms with E-state index in [0.717, 1.165) is 38.0 Å². The maximum absolute atomic E-state index is 14.2. The lowest BCUT2D eigenvalue weighted by Crippen LogP contribution is -2.26. The summed E-state index contributed by atoms with van der Waals surface area (Å²) in [4.78, 5) is 27.6. The molecular weight excluding hydrogens is 335 g/mol. The average Bonchev–Trinajstić information content (AvgIpc) is 3.33. The summed E-state index contributed by atoms with van der Waals surface area (Å²) in [6.07, 6.45) is 4.36. The fourth-order valence-corrected chi connectivity index (χ4v) is 3.67. The lowest BCUT2D eigenvalue weighted by atomic mass is 10.1. The molecule has 2 saturated heterocycles. The van der Waals surface area contributed by atoms with E-state index in [1.165, 1.54) is 18.3 Å². The number of halogens is 1. The summed E-state index contributed by atoms with van der Waals surface area (Å²) in [5, 5.41) is 8.84. The Morgan fingerprint density at radius 1 is 1.23 bits per heavy atom. The Hall–Kier alpha value is -2.95. The molecule has 0 saturated carbocycles. The third-order valence-electron chi connectivity index (χ3n) is 5.01. The lowest BCUT2D eigenvalue weighted by molar-refractivity contribution is 0.614. The number of anilines is 2. The van der Waals surface area contributed by atoms with E-state index in [9.17, 15) is 9.18 Å². The molecule has 0 aromatic carbocycles. The van der Waals surface area contributed by atoms with Crippen LogP contribution in [0.25, 0.3) is 0 Å². The molecule has 2 fully saturated rings. The van der Waals surface area contributed by atoms with E-state index in [1.807, 2.05) is 11.0 Å². The van der Waals surface area contributed by atoms with Crippen molar-refractivity contribution in [2.24, 2.45) is 0 Å². The highest BCUT2D eigenvalue weighted by atomic mass is 19.1. The van der Waals surface area contributed by atoms with Crippen molar-refractivity contribution < 1.29 is 4.39 Å². The molecule has 0 amide bonds. The van der Waals surface area contributed by atoms with Gasteiger partial charge in [0.2, 0.25) is 5.95 Å². The van der Waals surface area contributed by atoms with Gasteiger partial charge in [-0.25, -0.2) is 14.4 Å². The molecule has 134 valence electrons. The first-order valence-corrected chi connectivity index (χ1v) is 8.81. The van der Waals surface area contributed by atoms with Gasteiger partial charge in [-0.2, -0.15) is 5.26 Å². The molecule has 2 aliphatic heterocycles. The minimum absolute atomic E-state index is 0.0514. The van der Waals surface area contributed by atoms with E-state index in [-0.39, 0.29) is 22.9 Å². The number of hydrogen-bond donors (Lipinski definition) is 1. The summed E-state index contributed by atoms with van der Waals surface area (Å²) in [5.41, 5.74) is 0.791. The van der Waals surface area contributed by atoms with Gasteiger partial charge in [0.1, 0.15) is 6.07 Å². The van der Waals surface area contributed by atoms with E-state index in [0.29, 0.717) is 19.0 Å². The summed E-state index contributed by atoms with van der Waals surface area (Å²) in [7, 11) is 0. The van der Waals surface area contributed by atoms with Crippen molar-refractivity contribution in [1.29, 1.82) is 5.26 Å². The molecule has 1 atom stereocenters. The van der Waals surface area contributed by atoms with Gasteiger partial charge in [0, 0.05) is 44.4 Å². The van der Waals surface area contributed by atoms with Crippen molar-refractivity contribution in [3.63, 3.8) is 0 Å². The van der Waals surface area contributed by atoms with Crippen LogP contribution in [0.5, 0.6) is 0 Å². The second-order valence-electron chi connectivity index (χ2n) is 6.76.